The summed E-state index contributed by atoms with van der Waals surface area (Å²) in [6.07, 6.45) is 0.607. The van der Waals surface area contributed by atoms with E-state index in [9.17, 15) is 4.79 Å². The van der Waals surface area contributed by atoms with Crippen molar-refractivity contribution in [1.82, 2.24) is 0 Å². The molecule has 4 rings (SSSR count). The summed E-state index contributed by atoms with van der Waals surface area (Å²) in [4.78, 5) is 16.7. The van der Waals surface area contributed by atoms with Gasteiger partial charge in [0.25, 0.3) is 0 Å². The molecule has 0 saturated heterocycles. The van der Waals surface area contributed by atoms with Gasteiger partial charge in [0.05, 0.1) is 18.2 Å². The topological polar surface area (TPSA) is 61.0 Å². The van der Waals surface area contributed by atoms with Gasteiger partial charge < -0.3 is 13.9 Å². The number of aliphatic imine (C=N–C) groups is 1. The molecule has 2 aromatic carbocycles. The summed E-state index contributed by atoms with van der Waals surface area (Å²) >= 11 is 0. The van der Waals surface area contributed by atoms with Gasteiger partial charge in [0.2, 0.25) is 0 Å². The maximum Gasteiger partial charge on any atom is 0.366 e. The fraction of sp³-hybridized carbons (Fsp3) is 0.158. The van der Waals surface area contributed by atoms with Gasteiger partial charge in [0.15, 0.2) is 11.4 Å². The molecule has 120 valence electrons. The second-order valence-electron chi connectivity index (χ2n) is 5.55. The standard InChI is InChI=1S/C19H15NO4/c1-22-14-8-6-12(7-9-14)10-13-11-23-18-15-4-2-3-5-16(15)24-19(21)17(18)20-13/h2-9H,10-11H2,1H3. The molecule has 0 unspecified atom stereocenters. The van der Waals surface area contributed by atoms with E-state index in [0.717, 1.165) is 22.4 Å². The SMILES string of the molecule is COc1ccc(CC2=Nc3c(c4ccccc4oc3=O)OC2)cc1. The first-order chi connectivity index (χ1) is 11.7. The summed E-state index contributed by atoms with van der Waals surface area (Å²) in [7, 11) is 1.63. The molecular formula is C19H15NO4. The number of rotatable bonds is 3. The van der Waals surface area contributed by atoms with Crippen LogP contribution < -0.4 is 15.1 Å². The Hall–Kier alpha value is -3.08. The van der Waals surface area contributed by atoms with Crippen LogP contribution in [0.4, 0.5) is 5.69 Å². The average molecular weight is 321 g/mol. The van der Waals surface area contributed by atoms with Gasteiger partial charge in [-0.3, -0.25) is 0 Å². The Kier molecular flexibility index (Phi) is 3.54. The summed E-state index contributed by atoms with van der Waals surface area (Å²) in [5.74, 6) is 1.30. The molecule has 0 N–H and O–H groups in total. The third kappa shape index (κ3) is 2.54. The molecule has 24 heavy (non-hydrogen) atoms. The van der Waals surface area contributed by atoms with E-state index in [4.69, 9.17) is 13.9 Å². The molecule has 3 aromatic rings. The van der Waals surface area contributed by atoms with E-state index in [-0.39, 0.29) is 5.69 Å². The van der Waals surface area contributed by atoms with Crippen LogP contribution in [0.3, 0.4) is 0 Å². The van der Waals surface area contributed by atoms with Gasteiger partial charge in [-0.15, -0.1) is 0 Å². The van der Waals surface area contributed by atoms with Crippen LogP contribution >= 0.6 is 0 Å². The van der Waals surface area contributed by atoms with E-state index < -0.39 is 5.63 Å². The Morgan fingerprint density at radius 3 is 2.71 bits per heavy atom. The lowest BCUT2D eigenvalue weighted by atomic mass is 10.1. The van der Waals surface area contributed by atoms with Crippen molar-refractivity contribution in [2.24, 2.45) is 4.99 Å². The fourth-order valence-corrected chi connectivity index (χ4v) is 2.77. The Morgan fingerprint density at radius 1 is 1.12 bits per heavy atom. The molecule has 0 saturated carbocycles. The smallest absolute Gasteiger partial charge is 0.366 e. The van der Waals surface area contributed by atoms with E-state index in [2.05, 4.69) is 4.99 Å². The summed E-state index contributed by atoms with van der Waals surface area (Å²) in [5, 5.41) is 0.763. The van der Waals surface area contributed by atoms with Crippen molar-refractivity contribution in [2.75, 3.05) is 13.7 Å². The molecule has 0 fully saturated rings. The van der Waals surface area contributed by atoms with Crippen LogP contribution in [0.15, 0.2) is 62.7 Å². The number of methoxy groups -OCH3 is 1. The van der Waals surface area contributed by atoms with Gasteiger partial charge in [-0.1, -0.05) is 24.3 Å². The highest BCUT2D eigenvalue weighted by molar-refractivity contribution is 5.96. The number of fused-ring (bicyclic) bond motifs is 3. The number of nitrogens with zero attached hydrogens (tertiary/aromatic N) is 1. The van der Waals surface area contributed by atoms with E-state index in [1.54, 1.807) is 13.2 Å². The molecule has 0 spiro atoms. The lowest BCUT2D eigenvalue weighted by Gasteiger charge is -2.17. The number of para-hydroxylation sites is 1. The highest BCUT2D eigenvalue weighted by atomic mass is 16.5. The molecule has 5 nitrogen and oxygen atoms in total. The zero-order valence-electron chi connectivity index (χ0n) is 13.1. The predicted octanol–water partition coefficient (Wildman–Crippen LogP) is 3.51. The second-order valence-corrected chi connectivity index (χ2v) is 5.55. The summed E-state index contributed by atoms with van der Waals surface area (Å²) < 4.78 is 16.3. The second kappa shape index (κ2) is 5.85. The van der Waals surface area contributed by atoms with Crippen LogP contribution in [0, 0.1) is 0 Å². The highest BCUT2D eigenvalue weighted by Gasteiger charge is 2.21. The monoisotopic (exact) mass is 321 g/mol. The maximum absolute atomic E-state index is 12.2. The van der Waals surface area contributed by atoms with Gasteiger partial charge in [-0.05, 0) is 29.8 Å². The van der Waals surface area contributed by atoms with Crippen LogP contribution in [-0.4, -0.2) is 19.4 Å². The van der Waals surface area contributed by atoms with E-state index >= 15 is 0 Å². The van der Waals surface area contributed by atoms with Crippen LogP contribution in [-0.2, 0) is 6.42 Å². The number of hydrogen-bond donors (Lipinski definition) is 0. The highest BCUT2D eigenvalue weighted by Crippen LogP contribution is 2.35. The predicted molar refractivity (Wildman–Crippen MR) is 91.8 cm³/mol. The van der Waals surface area contributed by atoms with Crippen molar-refractivity contribution in [3.8, 4) is 11.5 Å². The molecule has 0 atom stereocenters. The first kappa shape index (κ1) is 14.5. The molecule has 1 aliphatic heterocycles. The minimum Gasteiger partial charge on any atom is -0.497 e. The minimum atomic E-state index is -0.476. The Labute approximate surface area is 138 Å². The third-order valence-corrected chi connectivity index (χ3v) is 3.96. The Bertz CT molecular complexity index is 986. The summed E-state index contributed by atoms with van der Waals surface area (Å²) in [6, 6.07) is 15.0. The van der Waals surface area contributed by atoms with Crippen molar-refractivity contribution in [1.29, 1.82) is 0 Å². The molecule has 0 radical (unpaired) electrons. The van der Waals surface area contributed by atoms with Crippen LogP contribution in [0.5, 0.6) is 11.5 Å². The van der Waals surface area contributed by atoms with Gasteiger partial charge >= 0.3 is 5.63 Å². The van der Waals surface area contributed by atoms with Crippen LogP contribution in [0.1, 0.15) is 5.56 Å². The molecule has 0 amide bonds. The molecular weight excluding hydrogens is 306 g/mol. The number of ether oxygens (including phenoxy) is 2. The normalized spacial score (nSPS) is 13.1. The van der Waals surface area contributed by atoms with Crippen molar-refractivity contribution >= 4 is 22.4 Å². The quantitative estimate of drug-likeness (QED) is 0.693. The van der Waals surface area contributed by atoms with Crippen molar-refractivity contribution < 1.29 is 13.9 Å². The zero-order chi connectivity index (χ0) is 16.5. The third-order valence-electron chi connectivity index (χ3n) is 3.96. The molecule has 1 aromatic heterocycles. The zero-order valence-corrected chi connectivity index (χ0v) is 13.1. The fourth-order valence-electron chi connectivity index (χ4n) is 2.77. The molecule has 5 heteroatoms. The maximum atomic E-state index is 12.2. The number of benzene rings is 2. The Balaban J connectivity index is 1.71. The minimum absolute atomic E-state index is 0.239. The van der Waals surface area contributed by atoms with E-state index in [1.165, 1.54) is 0 Å². The molecule has 0 aliphatic carbocycles. The van der Waals surface area contributed by atoms with Crippen molar-refractivity contribution in [3.05, 3.63) is 64.5 Å². The van der Waals surface area contributed by atoms with Gasteiger partial charge in [0, 0.05) is 6.42 Å². The first-order valence-electron chi connectivity index (χ1n) is 7.62. The van der Waals surface area contributed by atoms with Crippen molar-refractivity contribution in [3.63, 3.8) is 0 Å². The van der Waals surface area contributed by atoms with Gasteiger partial charge in [0.1, 0.15) is 17.9 Å². The van der Waals surface area contributed by atoms with Crippen LogP contribution in [0.2, 0.25) is 0 Å². The van der Waals surface area contributed by atoms with Gasteiger partial charge in [-0.25, -0.2) is 9.79 Å². The van der Waals surface area contributed by atoms with Crippen molar-refractivity contribution in [2.45, 2.75) is 6.42 Å². The largest absolute Gasteiger partial charge is 0.497 e. The first-order valence-corrected chi connectivity index (χ1v) is 7.62. The molecule has 1 aliphatic rings. The molecule has 0 bridgehead atoms. The number of hydrogen-bond acceptors (Lipinski definition) is 5. The molecule has 2 heterocycles. The van der Waals surface area contributed by atoms with Gasteiger partial charge in [-0.2, -0.15) is 0 Å². The lowest BCUT2D eigenvalue weighted by Crippen LogP contribution is -2.20. The van der Waals surface area contributed by atoms with E-state index in [1.807, 2.05) is 42.5 Å². The van der Waals surface area contributed by atoms with Crippen LogP contribution in [0.25, 0.3) is 11.0 Å². The lowest BCUT2D eigenvalue weighted by molar-refractivity contribution is 0.370. The Morgan fingerprint density at radius 2 is 1.92 bits per heavy atom. The summed E-state index contributed by atoms with van der Waals surface area (Å²) in [6.45, 7) is 0.354. The summed E-state index contributed by atoms with van der Waals surface area (Å²) in [5.41, 5.74) is 2.14. The average Bonchev–Trinajstić information content (AvgIpc) is 2.63. The van der Waals surface area contributed by atoms with E-state index in [0.29, 0.717) is 24.4 Å².